The van der Waals surface area contributed by atoms with E-state index in [0.29, 0.717) is 38.9 Å². The van der Waals surface area contributed by atoms with Crippen LogP contribution >= 0.6 is 0 Å². The van der Waals surface area contributed by atoms with E-state index in [2.05, 4.69) is 13.8 Å². The van der Waals surface area contributed by atoms with Gasteiger partial charge in [0.1, 0.15) is 0 Å². The molecule has 0 radical (unpaired) electrons. The average molecular weight is 371 g/mol. The van der Waals surface area contributed by atoms with E-state index in [1.807, 2.05) is 41.5 Å². The molecule has 4 nitrogen and oxygen atoms in total. The Morgan fingerprint density at radius 3 is 1.19 bits per heavy atom. The van der Waals surface area contributed by atoms with E-state index in [9.17, 15) is 9.59 Å². The maximum atomic E-state index is 13.3. The molecular formula is C22H42O4. The van der Waals surface area contributed by atoms with Crippen LogP contribution in [0.5, 0.6) is 0 Å². The zero-order valence-electron chi connectivity index (χ0n) is 18.4. The summed E-state index contributed by atoms with van der Waals surface area (Å²) >= 11 is 0. The van der Waals surface area contributed by atoms with Gasteiger partial charge < -0.3 is 9.47 Å². The maximum Gasteiger partial charge on any atom is 0.313 e. The Bertz CT molecular complexity index is 390. The van der Waals surface area contributed by atoms with Crippen molar-refractivity contribution in [3.63, 3.8) is 0 Å². The highest BCUT2D eigenvalue weighted by Gasteiger charge is 2.59. The van der Waals surface area contributed by atoms with E-state index in [4.69, 9.17) is 9.47 Å². The second-order valence-electron chi connectivity index (χ2n) is 8.36. The van der Waals surface area contributed by atoms with Crippen molar-refractivity contribution in [1.29, 1.82) is 0 Å². The normalized spacial score (nSPS) is 16.2. The van der Waals surface area contributed by atoms with Gasteiger partial charge in [-0.1, -0.05) is 68.2 Å². The van der Waals surface area contributed by atoms with E-state index in [-0.39, 0.29) is 23.8 Å². The van der Waals surface area contributed by atoms with Gasteiger partial charge in [0.2, 0.25) is 0 Å². The van der Waals surface area contributed by atoms with Crippen LogP contribution in [0.15, 0.2) is 0 Å². The van der Waals surface area contributed by atoms with E-state index >= 15 is 0 Å². The molecule has 0 aliphatic heterocycles. The molecule has 26 heavy (non-hydrogen) atoms. The van der Waals surface area contributed by atoms with Crippen LogP contribution in [-0.4, -0.2) is 25.2 Å². The maximum absolute atomic E-state index is 13.3. The van der Waals surface area contributed by atoms with Gasteiger partial charge in [0.15, 0.2) is 0 Å². The quantitative estimate of drug-likeness (QED) is 0.386. The summed E-state index contributed by atoms with van der Waals surface area (Å²) < 4.78 is 11.4. The summed E-state index contributed by atoms with van der Waals surface area (Å²) in [6, 6.07) is 0. The summed E-state index contributed by atoms with van der Waals surface area (Å²) in [6.45, 7) is 17.0. The SMILES string of the molecule is CCCC(CC)(C(=O)OCC(C)C)C(CC)(CCC)C(=O)OCC(C)C. The Morgan fingerprint density at radius 2 is 1.00 bits per heavy atom. The van der Waals surface area contributed by atoms with Gasteiger partial charge in [0.05, 0.1) is 24.0 Å². The Kier molecular flexibility index (Phi) is 11.1. The van der Waals surface area contributed by atoms with Crippen molar-refractivity contribution in [2.45, 2.75) is 93.9 Å². The average Bonchev–Trinajstić information content (AvgIpc) is 2.60. The Labute approximate surface area is 161 Å². The molecule has 0 aromatic carbocycles. The Morgan fingerprint density at radius 1 is 0.692 bits per heavy atom. The molecule has 154 valence electrons. The first-order valence-electron chi connectivity index (χ1n) is 10.5. The lowest BCUT2D eigenvalue weighted by Gasteiger charge is -2.46. The van der Waals surface area contributed by atoms with Crippen molar-refractivity contribution in [2.75, 3.05) is 13.2 Å². The molecule has 4 heteroatoms. The number of carbonyl (C=O) groups excluding carboxylic acids is 2. The standard InChI is InChI=1S/C22H42O4/c1-9-13-21(11-3,19(23)25-15-17(5)6)22(12-4,14-10-2)20(24)26-16-18(7)8/h17-18H,9-16H2,1-8H3. The van der Waals surface area contributed by atoms with Crippen LogP contribution in [0, 0.1) is 22.7 Å². The highest BCUT2D eigenvalue weighted by molar-refractivity contribution is 5.88. The van der Waals surface area contributed by atoms with Gasteiger partial charge in [0.25, 0.3) is 0 Å². The first-order valence-corrected chi connectivity index (χ1v) is 10.5. The topological polar surface area (TPSA) is 52.6 Å². The van der Waals surface area contributed by atoms with Crippen LogP contribution in [0.3, 0.4) is 0 Å². The molecule has 0 saturated heterocycles. The smallest absolute Gasteiger partial charge is 0.313 e. The highest BCUT2D eigenvalue weighted by Crippen LogP contribution is 2.53. The summed E-state index contributed by atoms with van der Waals surface area (Å²) in [5, 5.41) is 0. The number of hydrogen-bond donors (Lipinski definition) is 0. The lowest BCUT2D eigenvalue weighted by molar-refractivity contribution is -0.186. The van der Waals surface area contributed by atoms with Gasteiger partial charge in [-0.2, -0.15) is 0 Å². The number of rotatable bonds is 13. The molecule has 0 N–H and O–H groups in total. The van der Waals surface area contributed by atoms with Crippen molar-refractivity contribution < 1.29 is 19.1 Å². The second kappa shape index (κ2) is 11.6. The first kappa shape index (κ1) is 24.9. The predicted octanol–water partition coefficient (Wildman–Crippen LogP) is 5.78. The molecule has 2 unspecified atom stereocenters. The molecule has 0 aromatic heterocycles. The molecule has 0 rings (SSSR count). The predicted molar refractivity (Wildman–Crippen MR) is 107 cm³/mol. The molecule has 0 bridgehead atoms. The fourth-order valence-electron chi connectivity index (χ4n) is 4.01. The first-order chi connectivity index (χ1) is 12.2. The molecule has 0 aliphatic rings. The third kappa shape index (κ3) is 5.72. The lowest BCUT2D eigenvalue weighted by Crippen LogP contribution is -2.53. The van der Waals surface area contributed by atoms with Crippen molar-refractivity contribution >= 4 is 11.9 Å². The van der Waals surface area contributed by atoms with Crippen molar-refractivity contribution in [3.8, 4) is 0 Å². The summed E-state index contributed by atoms with van der Waals surface area (Å²) in [6.07, 6.45) is 4.11. The summed E-state index contributed by atoms with van der Waals surface area (Å²) in [4.78, 5) is 26.6. The van der Waals surface area contributed by atoms with Crippen LogP contribution in [0.4, 0.5) is 0 Å². The zero-order chi connectivity index (χ0) is 20.4. The molecular weight excluding hydrogens is 328 g/mol. The van der Waals surface area contributed by atoms with Gasteiger partial charge in [-0.3, -0.25) is 9.59 Å². The zero-order valence-corrected chi connectivity index (χ0v) is 18.4. The number of esters is 2. The van der Waals surface area contributed by atoms with Crippen molar-refractivity contribution in [2.24, 2.45) is 22.7 Å². The molecule has 0 heterocycles. The van der Waals surface area contributed by atoms with Gasteiger partial charge in [-0.15, -0.1) is 0 Å². The Balaban J connectivity index is 6.07. The van der Waals surface area contributed by atoms with E-state index in [1.54, 1.807) is 0 Å². The molecule has 2 atom stereocenters. The van der Waals surface area contributed by atoms with Gasteiger partial charge in [-0.05, 0) is 37.5 Å². The minimum Gasteiger partial charge on any atom is -0.465 e. The molecule has 0 spiro atoms. The Hall–Kier alpha value is -1.06. The summed E-state index contributed by atoms with van der Waals surface area (Å²) in [5.74, 6) is 0.0788. The van der Waals surface area contributed by atoms with Gasteiger partial charge >= 0.3 is 11.9 Å². The van der Waals surface area contributed by atoms with Crippen LogP contribution in [0.1, 0.15) is 93.9 Å². The molecule has 0 saturated carbocycles. The fraction of sp³-hybridized carbons (Fsp3) is 0.909. The van der Waals surface area contributed by atoms with Crippen molar-refractivity contribution in [3.05, 3.63) is 0 Å². The van der Waals surface area contributed by atoms with E-state index in [1.165, 1.54) is 0 Å². The van der Waals surface area contributed by atoms with Crippen LogP contribution in [0.2, 0.25) is 0 Å². The highest BCUT2D eigenvalue weighted by atomic mass is 16.5. The second-order valence-corrected chi connectivity index (χ2v) is 8.36. The van der Waals surface area contributed by atoms with Crippen LogP contribution in [-0.2, 0) is 19.1 Å². The van der Waals surface area contributed by atoms with Crippen molar-refractivity contribution in [1.82, 2.24) is 0 Å². The molecule has 0 aliphatic carbocycles. The minimum absolute atomic E-state index is 0.229. The number of carbonyl (C=O) groups is 2. The molecule has 0 fully saturated rings. The molecule has 0 amide bonds. The third-order valence-corrected chi connectivity index (χ3v) is 5.35. The van der Waals surface area contributed by atoms with Crippen LogP contribution < -0.4 is 0 Å². The molecule has 0 aromatic rings. The lowest BCUT2D eigenvalue weighted by atomic mass is 9.56. The van der Waals surface area contributed by atoms with Gasteiger partial charge in [0, 0.05) is 0 Å². The summed E-state index contributed by atoms with van der Waals surface area (Å²) in [5.41, 5.74) is -1.65. The third-order valence-electron chi connectivity index (χ3n) is 5.35. The van der Waals surface area contributed by atoms with E-state index < -0.39 is 10.8 Å². The van der Waals surface area contributed by atoms with Gasteiger partial charge in [-0.25, -0.2) is 0 Å². The minimum atomic E-state index is -0.824. The summed E-state index contributed by atoms with van der Waals surface area (Å²) in [7, 11) is 0. The van der Waals surface area contributed by atoms with E-state index in [0.717, 1.165) is 12.8 Å². The number of ether oxygens (including phenoxy) is 2. The van der Waals surface area contributed by atoms with Crippen LogP contribution in [0.25, 0.3) is 0 Å². The monoisotopic (exact) mass is 370 g/mol. The fourth-order valence-corrected chi connectivity index (χ4v) is 4.01. The number of hydrogen-bond acceptors (Lipinski definition) is 4. The largest absolute Gasteiger partial charge is 0.465 e.